The Morgan fingerprint density at radius 3 is 2.82 bits per heavy atom. The summed E-state index contributed by atoms with van der Waals surface area (Å²) in [7, 11) is 1.63. The molecule has 0 aliphatic carbocycles. The summed E-state index contributed by atoms with van der Waals surface area (Å²) in [6.45, 7) is 3.98. The van der Waals surface area contributed by atoms with E-state index in [4.69, 9.17) is 14.7 Å². The average molecular weight is 234 g/mol. The normalized spacial score (nSPS) is 9.71. The van der Waals surface area contributed by atoms with Crippen LogP contribution >= 0.6 is 0 Å². The van der Waals surface area contributed by atoms with Crippen LogP contribution in [0.1, 0.15) is 18.9 Å². The molecule has 4 heteroatoms. The number of hydrogen-bond acceptors (Lipinski definition) is 4. The molecular formula is C13H18N2O2. The Morgan fingerprint density at radius 2 is 2.18 bits per heavy atom. The molecular weight excluding hydrogens is 216 g/mol. The first-order valence-corrected chi connectivity index (χ1v) is 5.69. The van der Waals surface area contributed by atoms with Crippen LogP contribution in [0.3, 0.4) is 0 Å². The first kappa shape index (κ1) is 13.3. The van der Waals surface area contributed by atoms with Crippen LogP contribution in [-0.2, 0) is 6.54 Å². The smallest absolute Gasteiger partial charge is 0.161 e. The van der Waals surface area contributed by atoms with Crippen molar-refractivity contribution in [3.8, 4) is 17.6 Å². The highest BCUT2D eigenvalue weighted by atomic mass is 16.5. The number of benzene rings is 1. The maximum atomic E-state index is 8.42. The van der Waals surface area contributed by atoms with Crippen molar-refractivity contribution in [2.75, 3.05) is 20.3 Å². The molecule has 0 spiro atoms. The van der Waals surface area contributed by atoms with Gasteiger partial charge in [0.2, 0.25) is 0 Å². The van der Waals surface area contributed by atoms with Gasteiger partial charge in [-0.3, -0.25) is 0 Å². The molecule has 1 rings (SSSR count). The molecule has 0 aromatic heterocycles. The van der Waals surface area contributed by atoms with Crippen LogP contribution in [0.2, 0.25) is 0 Å². The molecule has 1 aromatic rings. The van der Waals surface area contributed by atoms with Gasteiger partial charge in [0.25, 0.3) is 0 Å². The van der Waals surface area contributed by atoms with E-state index >= 15 is 0 Å². The molecule has 0 bridgehead atoms. The fraction of sp³-hybridized carbons (Fsp3) is 0.462. The number of hydrogen-bond donors (Lipinski definition) is 1. The number of ether oxygens (including phenoxy) is 2. The SMILES string of the molecule is CCOc1cc(CNCCC#N)ccc1OC. The zero-order valence-corrected chi connectivity index (χ0v) is 10.3. The number of methoxy groups -OCH3 is 1. The van der Waals surface area contributed by atoms with Crippen molar-refractivity contribution in [1.29, 1.82) is 5.26 Å². The van der Waals surface area contributed by atoms with E-state index in [9.17, 15) is 0 Å². The second-order valence-electron chi connectivity index (χ2n) is 3.50. The monoisotopic (exact) mass is 234 g/mol. The van der Waals surface area contributed by atoms with Crippen LogP contribution in [0.15, 0.2) is 18.2 Å². The molecule has 0 unspecified atom stereocenters. The Balaban J connectivity index is 2.61. The highest BCUT2D eigenvalue weighted by Crippen LogP contribution is 2.27. The minimum Gasteiger partial charge on any atom is -0.493 e. The van der Waals surface area contributed by atoms with E-state index in [1.807, 2.05) is 25.1 Å². The average Bonchev–Trinajstić information content (AvgIpc) is 2.35. The van der Waals surface area contributed by atoms with Gasteiger partial charge >= 0.3 is 0 Å². The van der Waals surface area contributed by atoms with E-state index in [0.717, 1.165) is 23.6 Å². The Labute approximate surface area is 102 Å². The summed E-state index contributed by atoms with van der Waals surface area (Å²) in [6, 6.07) is 7.94. The first-order valence-electron chi connectivity index (χ1n) is 5.69. The van der Waals surface area contributed by atoms with Crippen LogP contribution in [0.25, 0.3) is 0 Å². The maximum absolute atomic E-state index is 8.42. The molecule has 0 aliphatic heterocycles. The highest BCUT2D eigenvalue weighted by molar-refractivity contribution is 5.42. The van der Waals surface area contributed by atoms with E-state index in [2.05, 4.69) is 11.4 Å². The van der Waals surface area contributed by atoms with Gasteiger partial charge in [-0.25, -0.2) is 0 Å². The Bertz CT molecular complexity index is 385. The molecule has 0 fully saturated rings. The lowest BCUT2D eigenvalue weighted by molar-refractivity contribution is 0.310. The van der Waals surface area contributed by atoms with Gasteiger partial charge in [0.15, 0.2) is 11.5 Å². The molecule has 1 aromatic carbocycles. The van der Waals surface area contributed by atoms with Crippen LogP contribution < -0.4 is 14.8 Å². The molecule has 0 heterocycles. The van der Waals surface area contributed by atoms with Crippen molar-refractivity contribution in [2.45, 2.75) is 19.9 Å². The van der Waals surface area contributed by atoms with Gasteiger partial charge in [-0.1, -0.05) is 6.07 Å². The highest BCUT2D eigenvalue weighted by Gasteiger charge is 2.04. The zero-order chi connectivity index (χ0) is 12.5. The van der Waals surface area contributed by atoms with Crippen molar-refractivity contribution >= 4 is 0 Å². The van der Waals surface area contributed by atoms with E-state index < -0.39 is 0 Å². The topological polar surface area (TPSA) is 54.3 Å². The number of nitrogens with zero attached hydrogens (tertiary/aromatic N) is 1. The van der Waals surface area contributed by atoms with E-state index in [1.54, 1.807) is 7.11 Å². The summed E-state index contributed by atoms with van der Waals surface area (Å²) in [6.07, 6.45) is 0.522. The van der Waals surface area contributed by atoms with E-state index in [-0.39, 0.29) is 0 Å². The van der Waals surface area contributed by atoms with Gasteiger partial charge in [-0.05, 0) is 24.6 Å². The lowest BCUT2D eigenvalue weighted by atomic mass is 10.2. The van der Waals surface area contributed by atoms with E-state index in [0.29, 0.717) is 19.6 Å². The molecule has 0 aliphatic rings. The van der Waals surface area contributed by atoms with Gasteiger partial charge in [-0.15, -0.1) is 0 Å². The molecule has 17 heavy (non-hydrogen) atoms. The fourth-order valence-electron chi connectivity index (χ4n) is 1.48. The molecule has 0 amide bonds. The van der Waals surface area contributed by atoms with Crippen LogP contribution in [-0.4, -0.2) is 20.3 Å². The second-order valence-corrected chi connectivity index (χ2v) is 3.50. The third-order valence-electron chi connectivity index (χ3n) is 2.27. The Kier molecular flexibility index (Phi) is 5.91. The molecule has 92 valence electrons. The van der Waals surface area contributed by atoms with Crippen molar-refractivity contribution in [3.05, 3.63) is 23.8 Å². The third kappa shape index (κ3) is 4.33. The van der Waals surface area contributed by atoms with Crippen molar-refractivity contribution < 1.29 is 9.47 Å². The fourth-order valence-corrected chi connectivity index (χ4v) is 1.48. The number of rotatable bonds is 7. The van der Waals surface area contributed by atoms with E-state index in [1.165, 1.54) is 0 Å². The summed E-state index contributed by atoms with van der Waals surface area (Å²) in [5.41, 5.74) is 1.12. The minimum absolute atomic E-state index is 0.522. The number of nitriles is 1. The van der Waals surface area contributed by atoms with Gasteiger partial charge < -0.3 is 14.8 Å². The lowest BCUT2D eigenvalue weighted by Gasteiger charge is -2.11. The summed E-state index contributed by atoms with van der Waals surface area (Å²) < 4.78 is 10.7. The first-order chi connectivity index (χ1) is 8.31. The van der Waals surface area contributed by atoms with Gasteiger partial charge in [-0.2, -0.15) is 5.26 Å². The largest absolute Gasteiger partial charge is 0.493 e. The van der Waals surface area contributed by atoms with Gasteiger partial charge in [0.1, 0.15) is 0 Å². The standard InChI is InChI=1S/C13H18N2O2/c1-3-17-13-9-11(5-6-12(13)16-2)10-15-8-4-7-14/h5-6,9,15H,3-4,8,10H2,1-2H3. The quantitative estimate of drug-likeness (QED) is 0.734. The van der Waals surface area contributed by atoms with Crippen LogP contribution in [0, 0.1) is 11.3 Å². The maximum Gasteiger partial charge on any atom is 0.161 e. The van der Waals surface area contributed by atoms with Gasteiger partial charge in [0, 0.05) is 19.5 Å². The lowest BCUT2D eigenvalue weighted by Crippen LogP contribution is -2.14. The molecule has 0 saturated heterocycles. The summed E-state index contributed by atoms with van der Waals surface area (Å²) >= 11 is 0. The minimum atomic E-state index is 0.522. The zero-order valence-electron chi connectivity index (χ0n) is 10.3. The van der Waals surface area contributed by atoms with Crippen LogP contribution in [0.4, 0.5) is 0 Å². The van der Waals surface area contributed by atoms with Gasteiger partial charge in [0.05, 0.1) is 19.8 Å². The van der Waals surface area contributed by atoms with Crippen molar-refractivity contribution in [2.24, 2.45) is 0 Å². The predicted molar refractivity (Wildman–Crippen MR) is 66.1 cm³/mol. The predicted octanol–water partition coefficient (Wildman–Crippen LogP) is 2.10. The summed E-state index contributed by atoms with van der Waals surface area (Å²) in [4.78, 5) is 0. The number of nitrogens with one attached hydrogen (secondary N) is 1. The van der Waals surface area contributed by atoms with Crippen LogP contribution in [0.5, 0.6) is 11.5 Å². The second kappa shape index (κ2) is 7.53. The summed E-state index contributed by atoms with van der Waals surface area (Å²) in [5, 5.41) is 11.6. The third-order valence-corrected chi connectivity index (χ3v) is 2.27. The molecule has 4 nitrogen and oxygen atoms in total. The van der Waals surface area contributed by atoms with Crippen molar-refractivity contribution in [1.82, 2.24) is 5.32 Å². The molecule has 0 radical (unpaired) electrons. The Hall–Kier alpha value is -1.73. The summed E-state index contributed by atoms with van der Waals surface area (Å²) in [5.74, 6) is 1.50. The molecule has 0 atom stereocenters. The molecule has 0 saturated carbocycles. The molecule has 1 N–H and O–H groups in total. The Morgan fingerprint density at radius 1 is 1.35 bits per heavy atom. The van der Waals surface area contributed by atoms with Crippen molar-refractivity contribution in [3.63, 3.8) is 0 Å².